The van der Waals surface area contributed by atoms with Gasteiger partial charge < -0.3 is 13.9 Å². The van der Waals surface area contributed by atoms with E-state index < -0.39 is 11.4 Å². The van der Waals surface area contributed by atoms with E-state index in [0.717, 1.165) is 0 Å². The Morgan fingerprint density at radius 2 is 1.73 bits per heavy atom. The summed E-state index contributed by atoms with van der Waals surface area (Å²) in [5.41, 5.74) is 2.03. The number of fused-ring (bicyclic) bond motifs is 1. The highest BCUT2D eigenvalue weighted by molar-refractivity contribution is 6.17. The topological polar surface area (TPSA) is 70.3 Å². The lowest BCUT2D eigenvalue weighted by Gasteiger charge is -2.08. The molecular formula is C20H20N2O4. The van der Waals surface area contributed by atoms with Crippen LogP contribution in [0.5, 0.6) is 0 Å². The second-order valence-electron chi connectivity index (χ2n) is 6.12. The van der Waals surface area contributed by atoms with E-state index in [2.05, 4.69) is 0 Å². The number of rotatable bonds is 4. The number of hydrogen-bond acceptors (Lipinski definition) is 4. The lowest BCUT2D eigenvalue weighted by molar-refractivity contribution is 0.0524. The van der Waals surface area contributed by atoms with Gasteiger partial charge in [-0.1, -0.05) is 30.3 Å². The first-order valence-electron chi connectivity index (χ1n) is 8.34. The van der Waals surface area contributed by atoms with Gasteiger partial charge in [-0.3, -0.25) is 9.59 Å². The van der Waals surface area contributed by atoms with E-state index in [9.17, 15) is 14.4 Å². The number of pyridine rings is 1. The summed E-state index contributed by atoms with van der Waals surface area (Å²) < 4.78 is 8.29. The third-order valence-electron chi connectivity index (χ3n) is 4.55. The normalized spacial score (nSPS) is 10.9. The van der Waals surface area contributed by atoms with E-state index in [1.54, 1.807) is 61.3 Å². The predicted octanol–water partition coefficient (Wildman–Crippen LogP) is 2.59. The third-order valence-corrected chi connectivity index (χ3v) is 4.55. The van der Waals surface area contributed by atoms with E-state index in [4.69, 9.17) is 4.74 Å². The maximum Gasteiger partial charge on any atom is 0.343 e. The van der Waals surface area contributed by atoms with Crippen LogP contribution in [0.2, 0.25) is 0 Å². The molecule has 0 N–H and O–H groups in total. The van der Waals surface area contributed by atoms with Crippen LogP contribution in [0.3, 0.4) is 0 Å². The molecule has 0 fully saturated rings. The molecule has 0 spiro atoms. The molecule has 0 saturated carbocycles. The van der Waals surface area contributed by atoms with Crippen LogP contribution in [0, 0.1) is 6.92 Å². The summed E-state index contributed by atoms with van der Waals surface area (Å²) in [5, 5.41) is 0. The number of carbonyl (C=O) groups is 2. The predicted molar refractivity (Wildman–Crippen MR) is 98.7 cm³/mol. The van der Waals surface area contributed by atoms with Crippen LogP contribution in [-0.2, 0) is 18.8 Å². The van der Waals surface area contributed by atoms with E-state index in [-0.39, 0.29) is 18.0 Å². The Morgan fingerprint density at radius 1 is 1.08 bits per heavy atom. The Hall–Kier alpha value is -3.15. The number of aromatic nitrogens is 2. The van der Waals surface area contributed by atoms with Crippen molar-refractivity contribution in [2.24, 2.45) is 14.1 Å². The molecular weight excluding hydrogens is 332 g/mol. The van der Waals surface area contributed by atoms with Gasteiger partial charge in [0.15, 0.2) is 5.78 Å². The maximum absolute atomic E-state index is 13.1. The van der Waals surface area contributed by atoms with Gasteiger partial charge in [-0.05, 0) is 13.8 Å². The molecule has 2 heterocycles. The molecule has 134 valence electrons. The summed E-state index contributed by atoms with van der Waals surface area (Å²) in [6.07, 6.45) is 1.43. The molecule has 6 nitrogen and oxygen atoms in total. The largest absolute Gasteiger partial charge is 0.462 e. The number of benzene rings is 1. The summed E-state index contributed by atoms with van der Waals surface area (Å²) in [4.78, 5) is 38.1. The van der Waals surface area contributed by atoms with Crippen molar-refractivity contribution in [1.82, 2.24) is 9.13 Å². The van der Waals surface area contributed by atoms with Crippen LogP contribution in [0.25, 0.3) is 11.0 Å². The fourth-order valence-electron chi connectivity index (χ4n) is 3.19. The van der Waals surface area contributed by atoms with Crippen LogP contribution in [0.4, 0.5) is 0 Å². The highest BCUT2D eigenvalue weighted by Crippen LogP contribution is 2.25. The Kier molecular flexibility index (Phi) is 4.50. The number of aryl methyl sites for hydroxylation is 2. The van der Waals surface area contributed by atoms with Gasteiger partial charge in [0.2, 0.25) is 5.43 Å². The Morgan fingerprint density at radius 3 is 2.35 bits per heavy atom. The summed E-state index contributed by atoms with van der Waals surface area (Å²) in [6, 6.07) is 8.92. The summed E-state index contributed by atoms with van der Waals surface area (Å²) >= 11 is 0. The first-order valence-corrected chi connectivity index (χ1v) is 8.34. The molecule has 0 aliphatic heterocycles. The second-order valence-corrected chi connectivity index (χ2v) is 6.12. The van der Waals surface area contributed by atoms with Crippen molar-refractivity contribution >= 4 is 22.8 Å². The lowest BCUT2D eigenvalue weighted by atomic mass is 10.0. The molecule has 0 radical (unpaired) electrons. The van der Waals surface area contributed by atoms with Crippen molar-refractivity contribution in [3.63, 3.8) is 0 Å². The number of carbonyl (C=O) groups excluding carboxylic acids is 2. The van der Waals surface area contributed by atoms with Crippen molar-refractivity contribution in [2.45, 2.75) is 13.8 Å². The summed E-state index contributed by atoms with van der Waals surface area (Å²) in [5.74, 6) is -0.822. The van der Waals surface area contributed by atoms with Crippen molar-refractivity contribution in [1.29, 1.82) is 0 Å². The van der Waals surface area contributed by atoms with Gasteiger partial charge in [-0.25, -0.2) is 4.79 Å². The van der Waals surface area contributed by atoms with Crippen LogP contribution < -0.4 is 5.43 Å². The van der Waals surface area contributed by atoms with Gasteiger partial charge in [0.1, 0.15) is 11.1 Å². The summed E-state index contributed by atoms with van der Waals surface area (Å²) in [7, 11) is 3.43. The van der Waals surface area contributed by atoms with Crippen molar-refractivity contribution in [2.75, 3.05) is 6.61 Å². The molecule has 3 rings (SSSR count). The molecule has 0 bridgehead atoms. The lowest BCUT2D eigenvalue weighted by Crippen LogP contribution is -2.21. The van der Waals surface area contributed by atoms with Crippen molar-refractivity contribution < 1.29 is 14.3 Å². The minimum Gasteiger partial charge on any atom is -0.462 e. The molecule has 0 unspecified atom stereocenters. The number of ketones is 1. The smallest absolute Gasteiger partial charge is 0.343 e. The van der Waals surface area contributed by atoms with E-state index in [0.29, 0.717) is 27.9 Å². The zero-order valence-electron chi connectivity index (χ0n) is 15.2. The molecule has 1 aromatic carbocycles. The molecule has 0 aliphatic carbocycles. The fourth-order valence-corrected chi connectivity index (χ4v) is 3.19. The van der Waals surface area contributed by atoms with Gasteiger partial charge in [0, 0.05) is 31.5 Å². The first-order chi connectivity index (χ1) is 12.4. The standard InChI is InChI=1S/C20H20N2O4/c1-5-26-20(25)14-11-21(3)16-15(12(2)22(4)17(16)19(14)24)18(23)13-9-7-6-8-10-13/h6-11H,5H2,1-4H3. The molecule has 6 heteroatoms. The number of nitrogens with zero attached hydrogens (tertiary/aromatic N) is 2. The van der Waals surface area contributed by atoms with Crippen LogP contribution in [-0.4, -0.2) is 27.5 Å². The highest BCUT2D eigenvalue weighted by Gasteiger charge is 2.26. The summed E-state index contributed by atoms with van der Waals surface area (Å²) in [6.45, 7) is 3.66. The number of esters is 1. The van der Waals surface area contributed by atoms with Gasteiger partial charge in [0.05, 0.1) is 17.7 Å². The fraction of sp³-hybridized carbons (Fsp3) is 0.250. The Labute approximate surface area is 150 Å². The van der Waals surface area contributed by atoms with Crippen molar-refractivity contribution in [3.05, 3.63) is 69.1 Å². The molecule has 0 saturated heterocycles. The number of hydrogen-bond donors (Lipinski definition) is 0. The number of ether oxygens (including phenoxy) is 1. The van der Waals surface area contributed by atoms with Gasteiger partial charge in [-0.15, -0.1) is 0 Å². The average molecular weight is 352 g/mol. The third kappa shape index (κ3) is 2.63. The minimum atomic E-state index is -0.662. The van der Waals surface area contributed by atoms with Gasteiger partial charge in [0.25, 0.3) is 0 Å². The molecule has 26 heavy (non-hydrogen) atoms. The zero-order chi connectivity index (χ0) is 19.0. The average Bonchev–Trinajstić information content (AvgIpc) is 2.90. The molecule has 0 aliphatic rings. The second kappa shape index (κ2) is 6.63. The quantitative estimate of drug-likeness (QED) is 0.534. The van der Waals surface area contributed by atoms with Crippen LogP contribution >= 0.6 is 0 Å². The first kappa shape index (κ1) is 17.7. The zero-order valence-corrected chi connectivity index (χ0v) is 15.2. The Balaban J connectivity index is 2.33. The molecule has 3 aromatic rings. The molecule has 2 aromatic heterocycles. The minimum absolute atomic E-state index is 0.0406. The van der Waals surface area contributed by atoms with E-state index in [1.807, 2.05) is 6.07 Å². The van der Waals surface area contributed by atoms with Gasteiger partial charge in [-0.2, -0.15) is 0 Å². The van der Waals surface area contributed by atoms with Crippen LogP contribution in [0.15, 0.2) is 41.3 Å². The molecule has 0 atom stereocenters. The van der Waals surface area contributed by atoms with Crippen LogP contribution in [0.1, 0.15) is 38.9 Å². The van der Waals surface area contributed by atoms with Crippen molar-refractivity contribution in [3.8, 4) is 0 Å². The molecule has 0 amide bonds. The highest BCUT2D eigenvalue weighted by atomic mass is 16.5. The Bertz CT molecular complexity index is 1070. The maximum atomic E-state index is 13.1. The van der Waals surface area contributed by atoms with Gasteiger partial charge >= 0.3 is 5.97 Å². The SMILES string of the molecule is CCOC(=O)c1cn(C)c2c(C(=O)c3ccccc3)c(C)n(C)c2c1=O. The van der Waals surface area contributed by atoms with E-state index in [1.165, 1.54) is 6.20 Å². The monoisotopic (exact) mass is 352 g/mol. The van der Waals surface area contributed by atoms with E-state index >= 15 is 0 Å².